The lowest BCUT2D eigenvalue weighted by molar-refractivity contribution is -0.148. The zero-order chi connectivity index (χ0) is 14.1. The Labute approximate surface area is 118 Å². The monoisotopic (exact) mass is 273 g/mol. The Bertz CT molecular complexity index is 540. The van der Waals surface area contributed by atoms with E-state index in [1.54, 1.807) is 0 Å². The first-order valence-corrected chi connectivity index (χ1v) is 7.24. The van der Waals surface area contributed by atoms with Gasteiger partial charge in [0.2, 0.25) is 5.91 Å². The van der Waals surface area contributed by atoms with Crippen molar-refractivity contribution in [2.75, 3.05) is 6.54 Å². The van der Waals surface area contributed by atoms with Crippen LogP contribution >= 0.6 is 0 Å². The van der Waals surface area contributed by atoms with Crippen LogP contribution in [0.25, 0.3) is 0 Å². The van der Waals surface area contributed by atoms with Gasteiger partial charge in [-0.15, -0.1) is 0 Å². The molecule has 4 nitrogen and oxygen atoms in total. The molecule has 1 aliphatic carbocycles. The summed E-state index contributed by atoms with van der Waals surface area (Å²) in [5, 5.41) is 9.16. The Morgan fingerprint density at radius 2 is 1.90 bits per heavy atom. The number of aliphatic carboxylic acids is 1. The highest BCUT2D eigenvalue weighted by molar-refractivity contribution is 5.80. The van der Waals surface area contributed by atoms with E-state index in [9.17, 15) is 9.59 Å². The van der Waals surface area contributed by atoms with Crippen molar-refractivity contribution in [2.24, 2.45) is 5.92 Å². The van der Waals surface area contributed by atoms with Crippen molar-refractivity contribution in [1.29, 1.82) is 0 Å². The van der Waals surface area contributed by atoms with Crippen molar-refractivity contribution in [3.63, 3.8) is 0 Å². The Morgan fingerprint density at radius 3 is 2.65 bits per heavy atom. The van der Waals surface area contributed by atoms with Crippen molar-refractivity contribution in [2.45, 2.75) is 38.1 Å². The Hall–Kier alpha value is -1.84. The second kappa shape index (κ2) is 5.27. The van der Waals surface area contributed by atoms with Gasteiger partial charge < -0.3 is 10.0 Å². The predicted molar refractivity (Wildman–Crippen MR) is 74.3 cm³/mol. The first-order chi connectivity index (χ1) is 9.65. The molecule has 2 aliphatic rings. The lowest BCUT2D eigenvalue weighted by atomic mass is 9.85. The molecule has 0 spiro atoms. The number of hydrogen-bond donors (Lipinski definition) is 1. The van der Waals surface area contributed by atoms with E-state index in [0.717, 1.165) is 19.3 Å². The van der Waals surface area contributed by atoms with E-state index in [4.69, 9.17) is 5.11 Å². The highest BCUT2D eigenvalue weighted by atomic mass is 16.4. The molecule has 1 saturated heterocycles. The molecule has 0 saturated carbocycles. The van der Waals surface area contributed by atoms with Gasteiger partial charge in [0, 0.05) is 19.0 Å². The van der Waals surface area contributed by atoms with Crippen molar-refractivity contribution < 1.29 is 14.7 Å². The Morgan fingerprint density at radius 1 is 1.15 bits per heavy atom. The number of benzene rings is 1. The summed E-state index contributed by atoms with van der Waals surface area (Å²) in [4.78, 5) is 25.1. The van der Waals surface area contributed by atoms with Gasteiger partial charge in [0.25, 0.3) is 0 Å². The van der Waals surface area contributed by atoms with Gasteiger partial charge in [0.15, 0.2) is 0 Å². The van der Waals surface area contributed by atoms with Crippen molar-refractivity contribution >= 4 is 11.9 Å². The van der Waals surface area contributed by atoms with Gasteiger partial charge >= 0.3 is 5.97 Å². The Balaban J connectivity index is 1.76. The number of carboxylic acid groups (broad SMARTS) is 1. The van der Waals surface area contributed by atoms with E-state index in [1.807, 2.05) is 17.0 Å². The summed E-state index contributed by atoms with van der Waals surface area (Å²) in [5.41, 5.74) is 2.66. The number of amides is 1. The summed E-state index contributed by atoms with van der Waals surface area (Å²) in [7, 11) is 0. The minimum absolute atomic E-state index is 0.117. The fourth-order valence-electron chi connectivity index (χ4n) is 3.37. The van der Waals surface area contributed by atoms with Crippen LogP contribution in [0.1, 0.15) is 30.4 Å². The van der Waals surface area contributed by atoms with Crippen LogP contribution in [0.3, 0.4) is 0 Å². The summed E-state index contributed by atoms with van der Waals surface area (Å²) < 4.78 is 0. The molecule has 1 amide bonds. The molecule has 2 unspecified atom stereocenters. The second-order valence-corrected chi connectivity index (χ2v) is 5.79. The maximum atomic E-state index is 12.1. The normalized spacial score (nSPS) is 26.2. The van der Waals surface area contributed by atoms with Crippen molar-refractivity contribution in [3.8, 4) is 0 Å². The van der Waals surface area contributed by atoms with E-state index < -0.39 is 11.9 Å². The number of rotatable bonds is 2. The molecule has 0 aromatic heterocycles. The smallest absolute Gasteiger partial charge is 0.308 e. The minimum atomic E-state index is -0.779. The highest BCUT2D eigenvalue weighted by Gasteiger charge is 2.35. The zero-order valence-electron chi connectivity index (χ0n) is 11.4. The van der Waals surface area contributed by atoms with E-state index in [2.05, 4.69) is 12.1 Å². The van der Waals surface area contributed by atoms with Crippen molar-refractivity contribution in [1.82, 2.24) is 4.90 Å². The number of aryl methyl sites for hydroxylation is 1. The van der Waals surface area contributed by atoms with Crippen LogP contribution in [-0.2, 0) is 22.4 Å². The van der Waals surface area contributed by atoms with Crippen LogP contribution < -0.4 is 0 Å². The lowest BCUT2D eigenvalue weighted by Crippen LogP contribution is -2.49. The molecular weight excluding hydrogens is 254 g/mol. The van der Waals surface area contributed by atoms with Gasteiger partial charge in [-0.05, 0) is 36.8 Å². The summed E-state index contributed by atoms with van der Waals surface area (Å²) in [6.07, 6.45) is 3.62. The minimum Gasteiger partial charge on any atom is -0.481 e. The maximum absolute atomic E-state index is 12.1. The molecule has 1 heterocycles. The number of hydrogen-bond acceptors (Lipinski definition) is 2. The van der Waals surface area contributed by atoms with Crippen LogP contribution in [0.2, 0.25) is 0 Å². The van der Waals surface area contributed by atoms with E-state index in [0.29, 0.717) is 19.4 Å². The van der Waals surface area contributed by atoms with Crippen LogP contribution in [0.15, 0.2) is 24.3 Å². The first-order valence-electron chi connectivity index (χ1n) is 7.24. The molecule has 1 aliphatic heterocycles. The topological polar surface area (TPSA) is 57.6 Å². The zero-order valence-corrected chi connectivity index (χ0v) is 11.4. The van der Waals surface area contributed by atoms with Gasteiger partial charge in [0.1, 0.15) is 0 Å². The molecule has 20 heavy (non-hydrogen) atoms. The molecule has 1 N–H and O–H groups in total. The van der Waals surface area contributed by atoms with Crippen LogP contribution in [0, 0.1) is 5.92 Å². The van der Waals surface area contributed by atoms with Crippen LogP contribution in [0.5, 0.6) is 0 Å². The molecule has 1 aromatic carbocycles. The standard InChI is InChI=1S/C16H19NO3/c18-15-8-6-13(16(19)20)10-17(15)14-7-5-11-3-1-2-4-12(11)9-14/h1-4,13-14H,5-10H2,(H,19,20). The SMILES string of the molecule is O=C(O)C1CCC(=O)N(C2CCc3ccccc3C2)C1. The fourth-order valence-corrected chi connectivity index (χ4v) is 3.37. The Kier molecular flexibility index (Phi) is 3.47. The molecule has 4 heteroatoms. The number of piperidine rings is 1. The quantitative estimate of drug-likeness (QED) is 0.895. The van der Waals surface area contributed by atoms with E-state index in [-0.39, 0.29) is 11.9 Å². The molecule has 2 atom stereocenters. The second-order valence-electron chi connectivity index (χ2n) is 5.79. The third kappa shape index (κ3) is 2.42. The largest absolute Gasteiger partial charge is 0.481 e. The molecule has 0 radical (unpaired) electrons. The number of nitrogens with zero attached hydrogens (tertiary/aromatic N) is 1. The van der Waals surface area contributed by atoms with Crippen LogP contribution in [0.4, 0.5) is 0 Å². The highest BCUT2D eigenvalue weighted by Crippen LogP contribution is 2.28. The number of carbonyl (C=O) groups excluding carboxylic acids is 1. The number of carboxylic acids is 1. The molecular formula is C16H19NO3. The van der Waals surface area contributed by atoms with Gasteiger partial charge in [-0.2, -0.15) is 0 Å². The van der Waals surface area contributed by atoms with Crippen molar-refractivity contribution in [3.05, 3.63) is 35.4 Å². The van der Waals surface area contributed by atoms with Gasteiger partial charge in [-0.3, -0.25) is 9.59 Å². The van der Waals surface area contributed by atoms with E-state index >= 15 is 0 Å². The average Bonchev–Trinajstić information content (AvgIpc) is 2.47. The number of fused-ring (bicyclic) bond motifs is 1. The number of carbonyl (C=O) groups is 2. The molecule has 3 rings (SSSR count). The summed E-state index contributed by atoms with van der Waals surface area (Å²) >= 11 is 0. The molecule has 106 valence electrons. The fraction of sp³-hybridized carbons (Fsp3) is 0.500. The first kappa shape index (κ1) is 13.2. The molecule has 1 aromatic rings. The molecule has 0 bridgehead atoms. The summed E-state index contributed by atoms with van der Waals surface area (Å²) in [5.74, 6) is -1.06. The van der Waals surface area contributed by atoms with Gasteiger partial charge in [-0.1, -0.05) is 24.3 Å². The maximum Gasteiger partial charge on any atom is 0.308 e. The van der Waals surface area contributed by atoms with E-state index in [1.165, 1.54) is 11.1 Å². The summed E-state index contributed by atoms with van der Waals surface area (Å²) in [6, 6.07) is 8.50. The van der Waals surface area contributed by atoms with Gasteiger partial charge in [-0.25, -0.2) is 0 Å². The average molecular weight is 273 g/mol. The lowest BCUT2D eigenvalue weighted by Gasteiger charge is -2.39. The van der Waals surface area contributed by atoms with Gasteiger partial charge in [0.05, 0.1) is 5.92 Å². The third-order valence-electron chi connectivity index (χ3n) is 4.55. The predicted octanol–water partition coefficient (Wildman–Crippen LogP) is 1.87. The summed E-state index contributed by atoms with van der Waals surface area (Å²) in [6.45, 7) is 0.376. The molecule has 1 fully saturated rings. The number of likely N-dealkylation sites (tertiary alicyclic amines) is 1. The third-order valence-corrected chi connectivity index (χ3v) is 4.55. The van der Waals surface area contributed by atoms with Crippen LogP contribution in [-0.4, -0.2) is 34.5 Å².